The van der Waals surface area contributed by atoms with E-state index in [1.165, 1.54) is 0 Å². The molecule has 4 aromatic rings. The van der Waals surface area contributed by atoms with E-state index in [2.05, 4.69) is 34.8 Å². The molecule has 0 unspecified atom stereocenters. The third-order valence-corrected chi connectivity index (χ3v) is 4.77. The average molecular weight is 340 g/mol. The Morgan fingerprint density at radius 1 is 1.17 bits per heavy atom. The van der Waals surface area contributed by atoms with E-state index in [4.69, 9.17) is 16.7 Å². The van der Waals surface area contributed by atoms with Crippen LogP contribution in [-0.2, 0) is 6.42 Å². The first kappa shape index (κ1) is 14.4. The monoisotopic (exact) mass is 339 g/mol. The molecular weight excluding hydrogens is 326 g/mol. The first-order valence-electron chi connectivity index (χ1n) is 7.43. The van der Waals surface area contributed by atoms with Crippen molar-refractivity contribution >= 4 is 28.6 Å². The van der Waals surface area contributed by atoms with E-state index in [0.717, 1.165) is 45.2 Å². The van der Waals surface area contributed by atoms with Crippen molar-refractivity contribution in [1.29, 1.82) is 0 Å². The molecule has 0 spiro atoms. The lowest BCUT2D eigenvalue weighted by atomic mass is 10.0. The summed E-state index contributed by atoms with van der Waals surface area (Å²) >= 11 is 7.85. The van der Waals surface area contributed by atoms with Gasteiger partial charge in [0.2, 0.25) is 0 Å². The molecule has 0 amide bonds. The van der Waals surface area contributed by atoms with Crippen molar-refractivity contribution in [1.82, 2.24) is 14.6 Å². The van der Waals surface area contributed by atoms with E-state index in [1.54, 1.807) is 11.3 Å². The Hall–Kier alpha value is -2.17. The Bertz CT molecular complexity index is 973. The molecule has 0 aliphatic heterocycles. The van der Waals surface area contributed by atoms with Gasteiger partial charge in [-0.1, -0.05) is 30.7 Å². The van der Waals surface area contributed by atoms with E-state index in [-0.39, 0.29) is 0 Å². The molecule has 3 heterocycles. The molecule has 3 aromatic heterocycles. The van der Waals surface area contributed by atoms with Gasteiger partial charge >= 0.3 is 0 Å². The van der Waals surface area contributed by atoms with Crippen LogP contribution >= 0.6 is 22.9 Å². The van der Waals surface area contributed by atoms with E-state index < -0.39 is 0 Å². The Labute approximate surface area is 143 Å². The van der Waals surface area contributed by atoms with Crippen molar-refractivity contribution in [2.75, 3.05) is 0 Å². The van der Waals surface area contributed by atoms with Gasteiger partial charge in [-0.15, -0.1) is 0 Å². The molecule has 0 fully saturated rings. The lowest BCUT2D eigenvalue weighted by Gasteiger charge is -2.04. The first-order chi connectivity index (χ1) is 11.3. The second-order valence-electron chi connectivity index (χ2n) is 5.26. The third-order valence-electron chi connectivity index (χ3n) is 3.86. The number of rotatable bonds is 3. The van der Waals surface area contributed by atoms with Crippen LogP contribution in [0.5, 0.6) is 0 Å². The third kappa shape index (κ3) is 2.44. The number of fused-ring (bicyclic) bond motifs is 1. The fourth-order valence-corrected chi connectivity index (χ4v) is 3.65. The van der Waals surface area contributed by atoms with Gasteiger partial charge in [-0.05, 0) is 41.6 Å². The van der Waals surface area contributed by atoms with Gasteiger partial charge in [-0.2, -0.15) is 16.4 Å². The smallest absolute Gasteiger partial charge is 0.163 e. The summed E-state index contributed by atoms with van der Waals surface area (Å²) in [7, 11) is 0. The molecule has 4 rings (SSSR count). The van der Waals surface area contributed by atoms with Crippen LogP contribution in [0.2, 0.25) is 5.02 Å². The van der Waals surface area contributed by atoms with Crippen LogP contribution in [0.4, 0.5) is 0 Å². The summed E-state index contributed by atoms with van der Waals surface area (Å²) in [6.07, 6.45) is 2.69. The Kier molecular flexibility index (Phi) is 3.63. The SMILES string of the molecule is CCc1nn2c(-c3ccsc3)ccnc2c1-c1cccc(Cl)c1. The zero-order chi connectivity index (χ0) is 15.8. The highest BCUT2D eigenvalue weighted by molar-refractivity contribution is 7.08. The van der Waals surface area contributed by atoms with E-state index in [9.17, 15) is 0 Å². The second-order valence-corrected chi connectivity index (χ2v) is 6.48. The lowest BCUT2D eigenvalue weighted by Crippen LogP contribution is -1.95. The number of thiophene rings is 1. The standard InChI is InChI=1S/C18H14ClN3S/c1-2-15-17(12-4-3-5-14(19)10-12)18-20-8-6-16(22(18)21-15)13-7-9-23-11-13/h3-11H,2H2,1H3. The number of aryl methyl sites for hydroxylation is 1. The molecule has 114 valence electrons. The van der Waals surface area contributed by atoms with Crippen LogP contribution in [0, 0.1) is 0 Å². The minimum atomic E-state index is 0.720. The van der Waals surface area contributed by atoms with Gasteiger partial charge in [0.25, 0.3) is 0 Å². The van der Waals surface area contributed by atoms with Gasteiger partial charge in [-0.25, -0.2) is 9.50 Å². The number of hydrogen-bond acceptors (Lipinski definition) is 3. The summed E-state index contributed by atoms with van der Waals surface area (Å²) in [6.45, 7) is 2.11. The highest BCUT2D eigenvalue weighted by atomic mass is 35.5. The highest BCUT2D eigenvalue weighted by Gasteiger charge is 2.17. The fraction of sp³-hybridized carbons (Fsp3) is 0.111. The van der Waals surface area contributed by atoms with Crippen LogP contribution in [0.1, 0.15) is 12.6 Å². The maximum absolute atomic E-state index is 6.17. The van der Waals surface area contributed by atoms with Gasteiger partial charge in [-0.3, -0.25) is 0 Å². The van der Waals surface area contributed by atoms with Crippen LogP contribution in [0.25, 0.3) is 28.0 Å². The largest absolute Gasteiger partial charge is 0.236 e. The van der Waals surface area contributed by atoms with Gasteiger partial charge in [0.1, 0.15) is 0 Å². The molecule has 0 radical (unpaired) electrons. The van der Waals surface area contributed by atoms with Crippen LogP contribution < -0.4 is 0 Å². The number of benzene rings is 1. The van der Waals surface area contributed by atoms with E-state index in [0.29, 0.717) is 0 Å². The summed E-state index contributed by atoms with van der Waals surface area (Å²) in [5.74, 6) is 0. The molecule has 0 aliphatic rings. The quantitative estimate of drug-likeness (QED) is 0.504. The van der Waals surface area contributed by atoms with Crippen LogP contribution in [-0.4, -0.2) is 14.6 Å². The molecular formula is C18H14ClN3S. The Morgan fingerprint density at radius 2 is 2.09 bits per heavy atom. The molecule has 23 heavy (non-hydrogen) atoms. The summed E-state index contributed by atoms with van der Waals surface area (Å²) in [6, 6.07) is 12.0. The minimum Gasteiger partial charge on any atom is -0.236 e. The maximum Gasteiger partial charge on any atom is 0.163 e. The first-order valence-corrected chi connectivity index (χ1v) is 8.75. The summed E-state index contributed by atoms with van der Waals surface area (Å²) in [5.41, 5.74) is 6.23. The molecule has 0 bridgehead atoms. The predicted molar refractivity (Wildman–Crippen MR) is 96.1 cm³/mol. The molecule has 0 saturated heterocycles. The predicted octanol–water partition coefficient (Wildman–Crippen LogP) is 5.34. The molecule has 0 atom stereocenters. The number of hydrogen-bond donors (Lipinski definition) is 0. The van der Waals surface area contributed by atoms with Gasteiger partial charge in [0, 0.05) is 27.7 Å². The molecule has 1 aromatic carbocycles. The zero-order valence-corrected chi connectivity index (χ0v) is 14.1. The van der Waals surface area contributed by atoms with Gasteiger partial charge in [0.15, 0.2) is 5.65 Å². The van der Waals surface area contributed by atoms with Crippen molar-refractivity contribution in [3.8, 4) is 22.4 Å². The van der Waals surface area contributed by atoms with Crippen molar-refractivity contribution in [3.63, 3.8) is 0 Å². The molecule has 0 N–H and O–H groups in total. The summed E-state index contributed by atoms with van der Waals surface area (Å²) in [5, 5.41) is 9.73. The summed E-state index contributed by atoms with van der Waals surface area (Å²) in [4.78, 5) is 4.59. The number of nitrogens with zero attached hydrogens (tertiary/aromatic N) is 3. The minimum absolute atomic E-state index is 0.720. The summed E-state index contributed by atoms with van der Waals surface area (Å²) < 4.78 is 1.94. The van der Waals surface area contributed by atoms with Gasteiger partial charge < -0.3 is 0 Å². The topological polar surface area (TPSA) is 30.2 Å². The highest BCUT2D eigenvalue weighted by Crippen LogP contribution is 2.32. The van der Waals surface area contributed by atoms with Crippen LogP contribution in [0.15, 0.2) is 53.4 Å². The van der Waals surface area contributed by atoms with Crippen LogP contribution in [0.3, 0.4) is 0 Å². The van der Waals surface area contributed by atoms with Crippen molar-refractivity contribution in [2.45, 2.75) is 13.3 Å². The maximum atomic E-state index is 6.17. The van der Waals surface area contributed by atoms with E-state index in [1.807, 2.05) is 35.0 Å². The van der Waals surface area contributed by atoms with Crippen molar-refractivity contribution in [2.24, 2.45) is 0 Å². The zero-order valence-electron chi connectivity index (χ0n) is 12.5. The van der Waals surface area contributed by atoms with Gasteiger partial charge in [0.05, 0.1) is 11.4 Å². The van der Waals surface area contributed by atoms with E-state index >= 15 is 0 Å². The van der Waals surface area contributed by atoms with Crippen molar-refractivity contribution in [3.05, 3.63) is 64.1 Å². The normalized spacial score (nSPS) is 11.2. The fourth-order valence-electron chi connectivity index (χ4n) is 2.81. The van der Waals surface area contributed by atoms with Crippen molar-refractivity contribution < 1.29 is 0 Å². The molecule has 0 aliphatic carbocycles. The molecule has 3 nitrogen and oxygen atoms in total. The number of halogens is 1. The average Bonchev–Trinajstić information content (AvgIpc) is 3.21. The number of aromatic nitrogens is 3. The second kappa shape index (κ2) is 5.80. The Morgan fingerprint density at radius 3 is 2.83 bits per heavy atom. The molecule has 0 saturated carbocycles. The Balaban J connectivity index is 2.03. The lowest BCUT2D eigenvalue weighted by molar-refractivity contribution is 0.894. The molecule has 5 heteroatoms.